The summed E-state index contributed by atoms with van der Waals surface area (Å²) in [6, 6.07) is 10.4. The molecule has 0 spiro atoms. The van der Waals surface area contributed by atoms with Gasteiger partial charge < -0.3 is 0 Å². The van der Waals surface area contributed by atoms with Gasteiger partial charge in [0, 0.05) is 35.9 Å². The lowest BCUT2D eigenvalue weighted by Crippen LogP contribution is -2.33. The predicted molar refractivity (Wildman–Crippen MR) is 145 cm³/mol. The number of aryl methyl sites for hydroxylation is 1. The van der Waals surface area contributed by atoms with E-state index in [1.54, 1.807) is 6.20 Å². The van der Waals surface area contributed by atoms with Gasteiger partial charge in [0.15, 0.2) is 0 Å². The summed E-state index contributed by atoms with van der Waals surface area (Å²) in [4.78, 5) is 18.4. The fourth-order valence-electron chi connectivity index (χ4n) is 5.95. The Bertz CT molecular complexity index is 1350. The number of H-pyrrole nitrogens is 1. The summed E-state index contributed by atoms with van der Waals surface area (Å²) in [5.41, 5.74) is 5.15. The van der Waals surface area contributed by atoms with Crippen LogP contribution in [0, 0.1) is 5.92 Å². The van der Waals surface area contributed by atoms with E-state index < -0.39 is 0 Å². The zero-order valence-electron chi connectivity index (χ0n) is 21.9. The van der Waals surface area contributed by atoms with Gasteiger partial charge in [-0.05, 0) is 66.0 Å². The van der Waals surface area contributed by atoms with Crippen molar-refractivity contribution >= 4 is 0 Å². The lowest BCUT2D eigenvalue weighted by molar-refractivity contribution is 0.220. The molecular weight excluding hydrogens is 462 g/mol. The number of hydrogen-bond donors (Lipinski definition) is 1. The molecular formula is C29H37N7O. The highest BCUT2D eigenvalue weighted by Crippen LogP contribution is 2.37. The average molecular weight is 500 g/mol. The number of imidazole rings is 1. The van der Waals surface area contributed by atoms with E-state index in [1.165, 1.54) is 25.7 Å². The molecule has 0 aliphatic heterocycles. The minimum absolute atomic E-state index is 0.111. The molecule has 194 valence electrons. The third kappa shape index (κ3) is 5.29. The van der Waals surface area contributed by atoms with Crippen molar-refractivity contribution in [1.82, 2.24) is 34.7 Å². The number of unbranched alkanes of at least 4 members (excludes halogenated alkanes) is 1. The second kappa shape index (κ2) is 11.7. The maximum atomic E-state index is 14.0. The van der Waals surface area contributed by atoms with Crippen LogP contribution in [-0.4, -0.2) is 34.7 Å². The van der Waals surface area contributed by atoms with Crippen LogP contribution in [0.15, 0.2) is 53.7 Å². The molecule has 3 heterocycles. The average Bonchev–Trinajstić information content (AvgIpc) is 3.57. The van der Waals surface area contributed by atoms with Crippen LogP contribution in [0.3, 0.4) is 0 Å². The fourth-order valence-corrected chi connectivity index (χ4v) is 5.95. The molecule has 2 atom stereocenters. The minimum Gasteiger partial charge on any atom is -0.296 e. The van der Waals surface area contributed by atoms with Crippen LogP contribution in [0.25, 0.3) is 22.5 Å². The Kier molecular flexibility index (Phi) is 7.92. The number of benzene rings is 1. The molecule has 4 aromatic rings. The number of tetrazole rings is 1. The SMILES string of the molecule is CCCCc1cn(C2CCCCC2CCC)c(=O)n1Cc1cnccc1-c1ccccc1-c1nn[nH]n1. The second-order valence-electron chi connectivity index (χ2n) is 10.2. The van der Waals surface area contributed by atoms with Crippen molar-refractivity contribution in [3.8, 4) is 22.5 Å². The van der Waals surface area contributed by atoms with Gasteiger partial charge in [-0.15, -0.1) is 10.2 Å². The first-order valence-electron chi connectivity index (χ1n) is 13.8. The van der Waals surface area contributed by atoms with Gasteiger partial charge in [0.2, 0.25) is 5.82 Å². The molecule has 8 heteroatoms. The van der Waals surface area contributed by atoms with E-state index in [9.17, 15) is 4.79 Å². The molecule has 1 saturated carbocycles. The summed E-state index contributed by atoms with van der Waals surface area (Å²) in [5.74, 6) is 1.13. The third-order valence-corrected chi connectivity index (χ3v) is 7.79. The molecule has 0 bridgehead atoms. The van der Waals surface area contributed by atoms with Gasteiger partial charge in [-0.2, -0.15) is 5.21 Å². The van der Waals surface area contributed by atoms with Crippen molar-refractivity contribution in [2.24, 2.45) is 5.92 Å². The molecule has 1 N–H and O–H groups in total. The summed E-state index contributed by atoms with van der Waals surface area (Å²) in [5, 5.41) is 14.7. The maximum Gasteiger partial charge on any atom is 0.328 e. The van der Waals surface area contributed by atoms with Crippen LogP contribution in [0.1, 0.15) is 82.5 Å². The summed E-state index contributed by atoms with van der Waals surface area (Å²) in [6.45, 7) is 4.94. The van der Waals surface area contributed by atoms with Crippen LogP contribution in [0.4, 0.5) is 0 Å². The summed E-state index contributed by atoms with van der Waals surface area (Å²) in [6.07, 6.45) is 16.1. The number of aromatic amines is 1. The van der Waals surface area contributed by atoms with Crippen molar-refractivity contribution in [2.75, 3.05) is 0 Å². The number of rotatable bonds is 10. The maximum absolute atomic E-state index is 14.0. The second-order valence-corrected chi connectivity index (χ2v) is 10.2. The standard InChI is InChI=1S/C29H37N7O/c1-3-5-12-23-20-36(27-15-9-6-11-21(27)10-4-2)29(37)35(23)19-22-18-30-17-16-24(22)25-13-7-8-14-26(25)28-31-33-34-32-28/h7-8,13-14,16-18,20-21,27H,3-6,9-12,15,19H2,1-2H3,(H,31,32,33,34). The number of nitrogens with zero attached hydrogens (tertiary/aromatic N) is 6. The van der Waals surface area contributed by atoms with E-state index in [4.69, 9.17) is 0 Å². The van der Waals surface area contributed by atoms with Crippen LogP contribution in [-0.2, 0) is 13.0 Å². The Labute approximate surface area is 218 Å². The van der Waals surface area contributed by atoms with Crippen molar-refractivity contribution in [3.63, 3.8) is 0 Å². The van der Waals surface area contributed by atoms with Gasteiger partial charge in [-0.25, -0.2) is 4.79 Å². The largest absolute Gasteiger partial charge is 0.328 e. The molecule has 5 rings (SSSR count). The zero-order valence-corrected chi connectivity index (χ0v) is 21.9. The fraction of sp³-hybridized carbons (Fsp3) is 0.483. The first-order valence-corrected chi connectivity index (χ1v) is 13.8. The molecule has 3 aromatic heterocycles. The Morgan fingerprint density at radius 3 is 2.65 bits per heavy atom. The summed E-state index contributed by atoms with van der Waals surface area (Å²) >= 11 is 0. The van der Waals surface area contributed by atoms with Gasteiger partial charge in [0.25, 0.3) is 0 Å². The highest BCUT2D eigenvalue weighted by molar-refractivity contribution is 5.81. The number of nitrogens with one attached hydrogen (secondary N) is 1. The van der Waals surface area contributed by atoms with Crippen molar-refractivity contribution in [1.29, 1.82) is 0 Å². The summed E-state index contributed by atoms with van der Waals surface area (Å²) in [7, 11) is 0. The minimum atomic E-state index is 0.111. The third-order valence-electron chi connectivity index (χ3n) is 7.79. The normalized spacial score (nSPS) is 17.8. The molecule has 2 unspecified atom stereocenters. The molecule has 1 aliphatic rings. The highest BCUT2D eigenvalue weighted by Gasteiger charge is 2.28. The van der Waals surface area contributed by atoms with Crippen LogP contribution in [0.2, 0.25) is 0 Å². The van der Waals surface area contributed by atoms with E-state index in [-0.39, 0.29) is 5.69 Å². The van der Waals surface area contributed by atoms with E-state index >= 15 is 0 Å². The lowest BCUT2D eigenvalue weighted by atomic mass is 9.81. The van der Waals surface area contributed by atoms with Crippen LogP contribution < -0.4 is 5.69 Å². The van der Waals surface area contributed by atoms with Crippen LogP contribution >= 0.6 is 0 Å². The monoisotopic (exact) mass is 499 g/mol. The van der Waals surface area contributed by atoms with Crippen molar-refractivity contribution in [3.05, 3.63) is 70.7 Å². The summed E-state index contributed by atoms with van der Waals surface area (Å²) < 4.78 is 4.07. The van der Waals surface area contributed by atoms with Gasteiger partial charge in [0.05, 0.1) is 6.54 Å². The first kappa shape index (κ1) is 25.1. The van der Waals surface area contributed by atoms with Gasteiger partial charge in [-0.3, -0.25) is 14.1 Å². The highest BCUT2D eigenvalue weighted by atomic mass is 16.1. The van der Waals surface area contributed by atoms with Gasteiger partial charge in [0.1, 0.15) is 0 Å². The molecule has 1 aromatic carbocycles. The predicted octanol–water partition coefficient (Wildman–Crippen LogP) is 5.81. The Hall–Kier alpha value is -3.55. The van der Waals surface area contributed by atoms with Gasteiger partial charge in [-0.1, -0.05) is 63.8 Å². The lowest BCUT2D eigenvalue weighted by Gasteiger charge is -2.31. The molecule has 37 heavy (non-hydrogen) atoms. The quantitative estimate of drug-likeness (QED) is 0.297. The van der Waals surface area contributed by atoms with Crippen molar-refractivity contribution in [2.45, 2.75) is 84.2 Å². The number of aromatic nitrogens is 7. The Morgan fingerprint density at radius 2 is 1.86 bits per heavy atom. The van der Waals surface area contributed by atoms with E-state index in [1.807, 2.05) is 35.0 Å². The number of hydrogen-bond acceptors (Lipinski definition) is 5. The molecule has 0 radical (unpaired) electrons. The van der Waals surface area contributed by atoms with E-state index in [0.29, 0.717) is 24.3 Å². The van der Waals surface area contributed by atoms with Crippen molar-refractivity contribution < 1.29 is 0 Å². The smallest absolute Gasteiger partial charge is 0.296 e. The Balaban J connectivity index is 1.56. The number of pyridine rings is 1. The molecule has 1 fully saturated rings. The van der Waals surface area contributed by atoms with Gasteiger partial charge >= 0.3 is 5.69 Å². The first-order chi connectivity index (χ1) is 18.2. The molecule has 8 nitrogen and oxygen atoms in total. The van der Waals surface area contributed by atoms with E-state index in [0.717, 1.165) is 60.1 Å². The molecule has 0 saturated heterocycles. The van der Waals surface area contributed by atoms with E-state index in [2.05, 4.69) is 56.3 Å². The molecule has 1 aliphatic carbocycles. The molecule has 0 amide bonds. The Morgan fingerprint density at radius 1 is 1.03 bits per heavy atom. The van der Waals surface area contributed by atoms with Crippen LogP contribution in [0.5, 0.6) is 0 Å². The zero-order chi connectivity index (χ0) is 25.6. The topological polar surface area (TPSA) is 94.3 Å².